The van der Waals surface area contributed by atoms with Crippen LogP contribution in [0.3, 0.4) is 0 Å². The average molecular weight is 479 g/mol. The fourth-order valence-electron chi connectivity index (χ4n) is 2.99. The van der Waals surface area contributed by atoms with E-state index < -0.39 is 32.3 Å². The number of carboxylic acid groups (broad SMARTS) is 1. The molecule has 0 bridgehead atoms. The van der Waals surface area contributed by atoms with Crippen molar-refractivity contribution < 1.29 is 38.3 Å². The first kappa shape index (κ1) is 25.8. The summed E-state index contributed by atoms with van der Waals surface area (Å²) in [4.78, 5) is 22.0. The molecule has 3 aromatic carbocycles. The zero-order chi connectivity index (χ0) is 24.9. The second-order valence-corrected chi connectivity index (χ2v) is 7.25. The number of benzene rings is 3. The smallest absolute Gasteiger partial charge is 0.493 e. The molecule has 9 nitrogen and oxygen atoms in total. The molecule has 10 heteroatoms. The molecule has 0 saturated heterocycles. The SMILES string of the molecule is CNOB(OCC(=O)OCC(=O)O)c1ccc(OCCc2ccc(Oc3ccccc3)cc2)cc1. The number of carbonyl (C=O) groups excluding carboxylic acids is 1. The third kappa shape index (κ3) is 9.13. The van der Waals surface area contributed by atoms with Gasteiger partial charge in [-0.1, -0.05) is 42.5 Å². The zero-order valence-corrected chi connectivity index (χ0v) is 19.2. The summed E-state index contributed by atoms with van der Waals surface area (Å²) in [6.07, 6.45) is 0.723. The van der Waals surface area contributed by atoms with Crippen LogP contribution < -0.4 is 20.4 Å². The minimum absolute atomic E-state index is 0.465. The lowest BCUT2D eigenvalue weighted by atomic mass is 9.79. The van der Waals surface area contributed by atoms with Gasteiger partial charge in [0.2, 0.25) is 0 Å². The Morgan fingerprint density at radius 1 is 0.857 bits per heavy atom. The molecule has 0 heterocycles. The summed E-state index contributed by atoms with van der Waals surface area (Å²) in [6.45, 7) is -0.703. The van der Waals surface area contributed by atoms with Crippen LogP contribution in [0.2, 0.25) is 0 Å². The molecular formula is C25H26BNO8. The second-order valence-electron chi connectivity index (χ2n) is 7.25. The van der Waals surface area contributed by atoms with E-state index in [9.17, 15) is 9.59 Å². The highest BCUT2D eigenvalue weighted by Crippen LogP contribution is 2.21. The molecule has 0 aliphatic rings. The van der Waals surface area contributed by atoms with Crippen LogP contribution in [0, 0.1) is 0 Å². The van der Waals surface area contributed by atoms with Gasteiger partial charge in [-0.15, -0.1) is 0 Å². The summed E-state index contributed by atoms with van der Waals surface area (Å²) < 4.78 is 26.8. The lowest BCUT2D eigenvalue weighted by Crippen LogP contribution is -2.41. The first-order valence-electron chi connectivity index (χ1n) is 10.9. The van der Waals surface area contributed by atoms with Gasteiger partial charge in [0, 0.05) is 13.5 Å². The number of ether oxygens (including phenoxy) is 3. The number of rotatable bonds is 14. The fourth-order valence-corrected chi connectivity index (χ4v) is 2.99. The van der Waals surface area contributed by atoms with E-state index in [0.29, 0.717) is 17.8 Å². The summed E-state index contributed by atoms with van der Waals surface area (Å²) in [6, 6.07) is 24.5. The Kier molecular flexibility index (Phi) is 10.1. The average Bonchev–Trinajstić information content (AvgIpc) is 2.87. The van der Waals surface area contributed by atoms with E-state index in [4.69, 9.17) is 24.0 Å². The van der Waals surface area contributed by atoms with E-state index in [0.717, 1.165) is 23.5 Å². The molecule has 182 valence electrons. The number of para-hydroxylation sites is 1. The number of nitrogens with one attached hydrogen (secondary N) is 1. The van der Waals surface area contributed by atoms with Crippen molar-refractivity contribution in [2.24, 2.45) is 0 Å². The molecule has 0 radical (unpaired) electrons. The van der Waals surface area contributed by atoms with Gasteiger partial charge in [-0.3, -0.25) is 0 Å². The van der Waals surface area contributed by atoms with Gasteiger partial charge in [0.25, 0.3) is 0 Å². The molecule has 0 fully saturated rings. The van der Waals surface area contributed by atoms with Crippen LogP contribution in [0.25, 0.3) is 0 Å². The lowest BCUT2D eigenvalue weighted by Gasteiger charge is -2.14. The van der Waals surface area contributed by atoms with Gasteiger partial charge in [0.1, 0.15) is 23.9 Å². The predicted molar refractivity (Wildman–Crippen MR) is 129 cm³/mol. The highest BCUT2D eigenvalue weighted by molar-refractivity contribution is 6.61. The lowest BCUT2D eigenvalue weighted by molar-refractivity contribution is -0.156. The van der Waals surface area contributed by atoms with Crippen molar-refractivity contribution in [2.45, 2.75) is 6.42 Å². The van der Waals surface area contributed by atoms with Crippen LogP contribution in [-0.2, 0) is 30.2 Å². The Balaban J connectivity index is 1.44. The Hall–Kier alpha value is -3.86. The Labute approximate surface area is 203 Å². The molecule has 0 saturated carbocycles. The Morgan fingerprint density at radius 3 is 2.17 bits per heavy atom. The summed E-state index contributed by atoms with van der Waals surface area (Å²) >= 11 is 0. The molecule has 0 unspecified atom stereocenters. The molecule has 0 spiro atoms. The van der Waals surface area contributed by atoms with Crippen LogP contribution >= 0.6 is 0 Å². The minimum Gasteiger partial charge on any atom is -0.493 e. The van der Waals surface area contributed by atoms with Gasteiger partial charge >= 0.3 is 19.1 Å². The topological polar surface area (TPSA) is 113 Å². The zero-order valence-electron chi connectivity index (χ0n) is 19.2. The molecule has 0 amide bonds. The second kappa shape index (κ2) is 13.8. The molecule has 35 heavy (non-hydrogen) atoms. The first-order valence-corrected chi connectivity index (χ1v) is 10.9. The van der Waals surface area contributed by atoms with Gasteiger partial charge < -0.3 is 28.7 Å². The van der Waals surface area contributed by atoms with Crippen LogP contribution in [0.1, 0.15) is 5.56 Å². The van der Waals surface area contributed by atoms with E-state index in [1.165, 1.54) is 0 Å². The predicted octanol–water partition coefficient (Wildman–Crippen LogP) is 2.59. The van der Waals surface area contributed by atoms with Gasteiger partial charge in [0.05, 0.1) is 6.61 Å². The van der Waals surface area contributed by atoms with E-state index in [1.807, 2.05) is 54.6 Å². The summed E-state index contributed by atoms with van der Waals surface area (Å²) in [7, 11) is 0.653. The number of esters is 1. The molecule has 0 aliphatic carbocycles. The van der Waals surface area contributed by atoms with Crippen LogP contribution in [0.4, 0.5) is 0 Å². The van der Waals surface area contributed by atoms with Gasteiger partial charge in [-0.25, -0.2) is 15.1 Å². The van der Waals surface area contributed by atoms with Crippen molar-refractivity contribution in [1.29, 1.82) is 0 Å². The highest BCUT2D eigenvalue weighted by Gasteiger charge is 2.23. The van der Waals surface area contributed by atoms with Crippen LogP contribution in [-0.4, -0.2) is 51.0 Å². The third-order valence-corrected chi connectivity index (χ3v) is 4.65. The van der Waals surface area contributed by atoms with Crippen molar-refractivity contribution >= 4 is 24.5 Å². The number of carbonyl (C=O) groups is 2. The Bertz CT molecular complexity index is 1060. The van der Waals surface area contributed by atoms with Crippen molar-refractivity contribution in [2.75, 3.05) is 26.9 Å². The van der Waals surface area contributed by atoms with E-state index in [2.05, 4.69) is 10.2 Å². The maximum Gasteiger partial charge on any atom is 0.511 e. The van der Waals surface area contributed by atoms with E-state index in [-0.39, 0.29) is 0 Å². The highest BCUT2D eigenvalue weighted by atomic mass is 16.7. The van der Waals surface area contributed by atoms with Crippen molar-refractivity contribution in [1.82, 2.24) is 5.48 Å². The summed E-state index contributed by atoms with van der Waals surface area (Å²) in [5.41, 5.74) is 4.26. The molecule has 3 rings (SSSR count). The maximum absolute atomic E-state index is 11.6. The Morgan fingerprint density at radius 2 is 1.51 bits per heavy atom. The normalized spacial score (nSPS) is 10.4. The van der Waals surface area contributed by atoms with Crippen molar-refractivity contribution in [3.05, 3.63) is 84.4 Å². The molecule has 2 N–H and O–H groups in total. The summed E-state index contributed by atoms with van der Waals surface area (Å²) in [5.74, 6) is 0.176. The van der Waals surface area contributed by atoms with E-state index in [1.54, 1.807) is 31.3 Å². The number of hydroxylamine groups is 1. The third-order valence-electron chi connectivity index (χ3n) is 4.65. The quantitative estimate of drug-likeness (QED) is 0.205. The van der Waals surface area contributed by atoms with E-state index >= 15 is 0 Å². The standard InChI is InChI=1S/C25H26BNO8/c1-27-35-26(33-18-25(30)32-17-24(28)29)20-9-13-21(14-10-20)31-16-15-19-7-11-23(12-8-19)34-22-5-3-2-4-6-22/h2-14,27H,15-18H2,1H3,(H,28,29). The number of carboxylic acids is 1. The van der Waals surface area contributed by atoms with Crippen molar-refractivity contribution in [3.8, 4) is 17.2 Å². The number of hydrogen-bond donors (Lipinski definition) is 2. The monoisotopic (exact) mass is 479 g/mol. The largest absolute Gasteiger partial charge is 0.511 e. The molecule has 3 aromatic rings. The van der Waals surface area contributed by atoms with Crippen molar-refractivity contribution in [3.63, 3.8) is 0 Å². The fraction of sp³-hybridized carbons (Fsp3) is 0.200. The number of hydrogen-bond acceptors (Lipinski definition) is 8. The van der Waals surface area contributed by atoms with Gasteiger partial charge in [-0.05, 0) is 47.4 Å². The van der Waals surface area contributed by atoms with Gasteiger partial charge in [-0.2, -0.15) is 0 Å². The first-order chi connectivity index (χ1) is 17.0. The minimum atomic E-state index is -1.24. The molecular weight excluding hydrogens is 453 g/mol. The maximum atomic E-state index is 11.6. The number of aliphatic carboxylic acids is 1. The summed E-state index contributed by atoms with van der Waals surface area (Å²) in [5, 5.41) is 8.55. The van der Waals surface area contributed by atoms with Gasteiger partial charge in [0.15, 0.2) is 6.61 Å². The van der Waals surface area contributed by atoms with Crippen LogP contribution in [0.15, 0.2) is 78.9 Å². The molecule has 0 aromatic heterocycles. The molecule has 0 aliphatic heterocycles. The van der Waals surface area contributed by atoms with Crippen LogP contribution in [0.5, 0.6) is 17.2 Å². The molecule has 0 atom stereocenters.